The average molecular weight is 267 g/mol. The summed E-state index contributed by atoms with van der Waals surface area (Å²) >= 11 is 6.11. The fourth-order valence-electron chi connectivity index (χ4n) is 2.72. The van der Waals surface area contributed by atoms with Crippen LogP contribution in [0.3, 0.4) is 0 Å². The highest BCUT2D eigenvalue weighted by Gasteiger charge is 2.34. The second-order valence-corrected chi connectivity index (χ2v) is 5.60. The summed E-state index contributed by atoms with van der Waals surface area (Å²) in [5, 5.41) is 4.39. The molecule has 1 aromatic carbocycles. The number of methoxy groups -OCH3 is 1. The summed E-state index contributed by atoms with van der Waals surface area (Å²) in [7, 11) is 1.72. The highest BCUT2D eigenvalue weighted by Crippen LogP contribution is 2.36. The Morgan fingerprint density at radius 1 is 1.39 bits per heavy atom. The third kappa shape index (κ3) is 2.43. The summed E-state index contributed by atoms with van der Waals surface area (Å²) in [4.78, 5) is 2.39. The minimum atomic E-state index is 0.627. The lowest BCUT2D eigenvalue weighted by Crippen LogP contribution is -2.51. The van der Waals surface area contributed by atoms with Gasteiger partial charge in [0.25, 0.3) is 0 Å². The molecule has 1 aromatic rings. The molecule has 1 aliphatic heterocycles. The summed E-state index contributed by atoms with van der Waals surface area (Å²) < 4.78 is 5.44. The van der Waals surface area contributed by atoms with Gasteiger partial charge in [0.15, 0.2) is 0 Å². The molecule has 0 spiro atoms. The van der Waals surface area contributed by atoms with Crippen LogP contribution in [-0.4, -0.2) is 32.8 Å². The van der Waals surface area contributed by atoms with Crippen LogP contribution in [0.2, 0.25) is 5.02 Å². The van der Waals surface area contributed by atoms with Gasteiger partial charge in [0.05, 0.1) is 12.8 Å². The Morgan fingerprint density at radius 2 is 2.22 bits per heavy atom. The Morgan fingerprint density at radius 3 is 2.94 bits per heavy atom. The molecule has 4 heteroatoms. The summed E-state index contributed by atoms with van der Waals surface area (Å²) in [5.41, 5.74) is 1.12. The molecule has 3 nitrogen and oxygen atoms in total. The number of piperazine rings is 1. The van der Waals surface area contributed by atoms with E-state index in [9.17, 15) is 0 Å². The van der Waals surface area contributed by atoms with Crippen molar-refractivity contribution in [3.63, 3.8) is 0 Å². The lowest BCUT2D eigenvalue weighted by Gasteiger charge is -2.36. The number of ether oxygens (including phenoxy) is 1. The Labute approximate surface area is 113 Å². The summed E-state index contributed by atoms with van der Waals surface area (Å²) in [6.07, 6.45) is 2.75. The van der Waals surface area contributed by atoms with E-state index in [2.05, 4.69) is 10.2 Å². The fraction of sp³-hybridized carbons (Fsp3) is 0.571. The van der Waals surface area contributed by atoms with Gasteiger partial charge >= 0.3 is 0 Å². The molecule has 1 aliphatic carbocycles. The number of rotatable bonds is 3. The first-order valence-corrected chi connectivity index (χ1v) is 6.97. The maximum absolute atomic E-state index is 6.11. The van der Waals surface area contributed by atoms with Crippen LogP contribution >= 0.6 is 11.6 Å². The molecular weight excluding hydrogens is 248 g/mol. The van der Waals surface area contributed by atoms with Gasteiger partial charge in [-0.15, -0.1) is 0 Å². The molecule has 0 amide bonds. The molecule has 3 rings (SSSR count). The van der Waals surface area contributed by atoms with Crippen LogP contribution in [-0.2, 0) is 0 Å². The maximum atomic E-state index is 6.11. The third-order valence-electron chi connectivity index (χ3n) is 3.88. The number of anilines is 1. The molecule has 1 saturated carbocycles. The zero-order valence-electron chi connectivity index (χ0n) is 10.7. The quantitative estimate of drug-likeness (QED) is 0.910. The van der Waals surface area contributed by atoms with Crippen LogP contribution in [0, 0.1) is 5.92 Å². The largest absolute Gasteiger partial charge is 0.495 e. The number of hydrogen-bond acceptors (Lipinski definition) is 3. The van der Waals surface area contributed by atoms with Crippen molar-refractivity contribution >= 4 is 17.3 Å². The van der Waals surface area contributed by atoms with E-state index in [4.69, 9.17) is 16.3 Å². The predicted molar refractivity (Wildman–Crippen MR) is 74.7 cm³/mol. The van der Waals surface area contributed by atoms with Crippen molar-refractivity contribution in [2.45, 2.75) is 18.9 Å². The molecule has 1 unspecified atom stereocenters. The van der Waals surface area contributed by atoms with Crippen molar-refractivity contribution in [1.82, 2.24) is 5.32 Å². The average Bonchev–Trinajstić information content (AvgIpc) is 3.23. The lowest BCUT2D eigenvalue weighted by molar-refractivity contribution is 0.398. The third-order valence-corrected chi connectivity index (χ3v) is 4.11. The molecule has 98 valence electrons. The van der Waals surface area contributed by atoms with Crippen LogP contribution in [0.1, 0.15) is 12.8 Å². The van der Waals surface area contributed by atoms with Crippen LogP contribution in [0.5, 0.6) is 5.75 Å². The van der Waals surface area contributed by atoms with Crippen LogP contribution in [0.15, 0.2) is 18.2 Å². The van der Waals surface area contributed by atoms with Gasteiger partial charge in [-0.1, -0.05) is 11.6 Å². The van der Waals surface area contributed by atoms with E-state index in [1.54, 1.807) is 7.11 Å². The van der Waals surface area contributed by atoms with Gasteiger partial charge in [-0.25, -0.2) is 0 Å². The number of halogens is 1. The van der Waals surface area contributed by atoms with Gasteiger partial charge < -0.3 is 15.0 Å². The van der Waals surface area contributed by atoms with Gasteiger partial charge in [-0.05, 0) is 37.0 Å². The Kier molecular flexibility index (Phi) is 3.35. The van der Waals surface area contributed by atoms with Crippen LogP contribution < -0.4 is 15.0 Å². The zero-order valence-corrected chi connectivity index (χ0v) is 11.4. The Balaban J connectivity index is 1.81. The van der Waals surface area contributed by atoms with Gasteiger partial charge in [0, 0.05) is 30.7 Å². The zero-order chi connectivity index (χ0) is 12.5. The van der Waals surface area contributed by atoms with Crippen molar-refractivity contribution in [2.75, 3.05) is 31.6 Å². The predicted octanol–water partition coefficient (Wildman–Crippen LogP) is 2.54. The molecule has 1 heterocycles. The standard InChI is InChI=1S/C14H19ClN2O/c1-18-14-5-4-11(15)8-13(14)17-7-6-16-12(9-17)10-2-3-10/h4-5,8,10,12,16H,2-3,6-7,9H2,1H3. The van der Waals surface area contributed by atoms with Gasteiger partial charge in [0.1, 0.15) is 5.75 Å². The minimum absolute atomic E-state index is 0.627. The molecule has 2 fully saturated rings. The highest BCUT2D eigenvalue weighted by atomic mass is 35.5. The summed E-state index contributed by atoms with van der Waals surface area (Å²) in [6, 6.07) is 6.47. The molecule has 1 atom stereocenters. The van der Waals surface area contributed by atoms with Crippen molar-refractivity contribution in [3.8, 4) is 5.75 Å². The first-order valence-electron chi connectivity index (χ1n) is 6.60. The molecule has 0 radical (unpaired) electrons. The second-order valence-electron chi connectivity index (χ2n) is 5.16. The van der Waals surface area contributed by atoms with Crippen molar-refractivity contribution in [2.24, 2.45) is 5.92 Å². The topological polar surface area (TPSA) is 24.5 Å². The van der Waals surface area contributed by atoms with Crippen LogP contribution in [0.25, 0.3) is 0 Å². The molecule has 0 bridgehead atoms. The van der Waals surface area contributed by atoms with Crippen molar-refractivity contribution < 1.29 is 4.74 Å². The summed E-state index contributed by atoms with van der Waals surface area (Å²) in [5.74, 6) is 1.79. The van der Waals surface area contributed by atoms with Gasteiger partial charge in [-0.2, -0.15) is 0 Å². The molecule has 18 heavy (non-hydrogen) atoms. The molecular formula is C14H19ClN2O. The number of hydrogen-bond donors (Lipinski definition) is 1. The van der Waals surface area contributed by atoms with Gasteiger partial charge in [0.2, 0.25) is 0 Å². The first kappa shape index (κ1) is 12.1. The highest BCUT2D eigenvalue weighted by molar-refractivity contribution is 6.30. The Bertz CT molecular complexity index is 434. The molecule has 0 aromatic heterocycles. The Hall–Kier alpha value is -0.930. The maximum Gasteiger partial charge on any atom is 0.142 e. The van der Waals surface area contributed by atoms with Crippen molar-refractivity contribution in [1.29, 1.82) is 0 Å². The smallest absolute Gasteiger partial charge is 0.142 e. The SMILES string of the molecule is COc1ccc(Cl)cc1N1CCNC(C2CC2)C1. The number of benzene rings is 1. The monoisotopic (exact) mass is 266 g/mol. The normalized spacial score (nSPS) is 24.1. The summed E-state index contributed by atoms with van der Waals surface area (Å²) in [6.45, 7) is 3.11. The molecule has 1 saturated heterocycles. The lowest BCUT2D eigenvalue weighted by atomic mass is 10.1. The van der Waals surface area contributed by atoms with Crippen molar-refractivity contribution in [3.05, 3.63) is 23.2 Å². The van der Waals surface area contributed by atoms with Gasteiger partial charge in [-0.3, -0.25) is 0 Å². The second kappa shape index (κ2) is 4.98. The van der Waals surface area contributed by atoms with E-state index in [1.807, 2.05) is 18.2 Å². The first-order chi connectivity index (χ1) is 8.78. The minimum Gasteiger partial charge on any atom is -0.495 e. The van der Waals surface area contributed by atoms with E-state index < -0.39 is 0 Å². The van der Waals surface area contributed by atoms with Crippen LogP contribution in [0.4, 0.5) is 5.69 Å². The van der Waals surface area contributed by atoms with E-state index in [-0.39, 0.29) is 0 Å². The van der Waals surface area contributed by atoms with E-state index in [0.717, 1.165) is 42.0 Å². The fourth-order valence-corrected chi connectivity index (χ4v) is 2.89. The number of nitrogens with one attached hydrogen (secondary N) is 1. The molecule has 2 aliphatic rings. The van der Waals surface area contributed by atoms with E-state index in [1.165, 1.54) is 12.8 Å². The van der Waals surface area contributed by atoms with E-state index in [0.29, 0.717) is 6.04 Å². The molecule has 1 N–H and O–H groups in total. The number of nitrogens with zero attached hydrogens (tertiary/aromatic N) is 1. The van der Waals surface area contributed by atoms with E-state index >= 15 is 0 Å².